The fourth-order valence-electron chi connectivity index (χ4n) is 3.71. The number of nitriles is 1. The van der Waals surface area contributed by atoms with Gasteiger partial charge in [-0.3, -0.25) is 0 Å². The number of nitrogens with one attached hydrogen (secondary N) is 1. The van der Waals surface area contributed by atoms with Crippen molar-refractivity contribution in [2.24, 2.45) is 0 Å². The molecule has 0 saturated carbocycles. The van der Waals surface area contributed by atoms with Crippen molar-refractivity contribution in [3.8, 4) is 34.4 Å². The maximum absolute atomic E-state index is 10.1. The summed E-state index contributed by atoms with van der Waals surface area (Å²) < 4.78 is 12.0. The Balaban J connectivity index is 1.69. The largest absolute Gasteiger partial charge is 0.475 e. The quantitative estimate of drug-likeness (QED) is 0.327. The molecule has 0 radical (unpaired) electrons. The fourth-order valence-corrected chi connectivity index (χ4v) is 3.71. The number of benzene rings is 3. The average molecular weight is 432 g/mol. The van der Waals surface area contributed by atoms with Crippen LogP contribution in [0, 0.1) is 11.3 Å². The van der Waals surface area contributed by atoms with Gasteiger partial charge in [0.05, 0.1) is 17.6 Å². The molecule has 0 unspecified atom stereocenters. The summed E-state index contributed by atoms with van der Waals surface area (Å²) in [7, 11) is 0. The summed E-state index contributed by atoms with van der Waals surface area (Å²) in [6.45, 7) is 2.31. The molecule has 0 aliphatic heterocycles. The van der Waals surface area contributed by atoms with Crippen molar-refractivity contribution in [2.75, 3.05) is 11.9 Å². The molecule has 1 N–H and O–H groups in total. The maximum Gasteiger partial charge on any atom is 0.258 e. The van der Waals surface area contributed by atoms with E-state index in [4.69, 9.17) is 9.15 Å². The lowest BCUT2D eigenvalue weighted by atomic mass is 9.98. The van der Waals surface area contributed by atoms with Crippen LogP contribution in [0.25, 0.3) is 33.5 Å². The molecule has 2 heterocycles. The van der Waals surface area contributed by atoms with Gasteiger partial charge in [0.1, 0.15) is 17.4 Å². The standard InChI is InChI=1S/C27H20N4O2/c1-2-32-27-25(29-21-15-9-10-16-22(21)30-27)31-26-20(17-28)23(18-11-5-3-6-12-18)24(33-26)19-13-7-4-8-14-19/h3-16H,2H2,1H3,(H,29,31). The Morgan fingerprint density at radius 3 is 2.09 bits per heavy atom. The van der Waals surface area contributed by atoms with Gasteiger partial charge in [0.25, 0.3) is 5.88 Å². The topological polar surface area (TPSA) is 84.0 Å². The summed E-state index contributed by atoms with van der Waals surface area (Å²) in [4.78, 5) is 9.27. The smallest absolute Gasteiger partial charge is 0.258 e. The Labute approximate surface area is 191 Å². The van der Waals surface area contributed by atoms with E-state index in [9.17, 15) is 5.26 Å². The van der Waals surface area contributed by atoms with E-state index in [1.807, 2.05) is 91.9 Å². The minimum Gasteiger partial charge on any atom is -0.475 e. The predicted molar refractivity (Wildman–Crippen MR) is 128 cm³/mol. The number of ether oxygens (including phenoxy) is 1. The van der Waals surface area contributed by atoms with Gasteiger partial charge in [0.2, 0.25) is 5.88 Å². The van der Waals surface area contributed by atoms with Crippen molar-refractivity contribution in [3.63, 3.8) is 0 Å². The molecule has 6 heteroatoms. The molecule has 0 amide bonds. The van der Waals surface area contributed by atoms with Gasteiger partial charge in [-0.25, -0.2) is 9.97 Å². The zero-order chi connectivity index (χ0) is 22.6. The van der Waals surface area contributed by atoms with E-state index in [1.54, 1.807) is 0 Å². The lowest BCUT2D eigenvalue weighted by Gasteiger charge is -2.10. The van der Waals surface area contributed by atoms with Crippen LogP contribution in [0.15, 0.2) is 89.3 Å². The summed E-state index contributed by atoms with van der Waals surface area (Å²) in [5.74, 6) is 1.63. The van der Waals surface area contributed by atoms with Gasteiger partial charge in [-0.15, -0.1) is 0 Å². The molecule has 0 saturated heterocycles. The van der Waals surface area contributed by atoms with Gasteiger partial charge < -0.3 is 14.5 Å². The van der Waals surface area contributed by atoms with E-state index in [2.05, 4.69) is 21.4 Å². The molecule has 0 aliphatic rings. The van der Waals surface area contributed by atoms with Crippen molar-refractivity contribution in [1.82, 2.24) is 9.97 Å². The maximum atomic E-state index is 10.1. The van der Waals surface area contributed by atoms with Crippen molar-refractivity contribution in [1.29, 1.82) is 5.26 Å². The number of rotatable bonds is 6. The third-order valence-corrected chi connectivity index (χ3v) is 5.17. The van der Waals surface area contributed by atoms with E-state index in [1.165, 1.54) is 0 Å². The molecule has 33 heavy (non-hydrogen) atoms. The fraction of sp³-hybridized carbons (Fsp3) is 0.0741. The van der Waals surface area contributed by atoms with Crippen LogP contribution in [0.1, 0.15) is 12.5 Å². The Morgan fingerprint density at radius 2 is 1.45 bits per heavy atom. The van der Waals surface area contributed by atoms with E-state index in [-0.39, 0.29) is 0 Å². The molecule has 2 aromatic heterocycles. The van der Waals surface area contributed by atoms with Crippen molar-refractivity contribution < 1.29 is 9.15 Å². The molecule has 3 aromatic carbocycles. The second-order valence-corrected chi connectivity index (χ2v) is 7.28. The summed E-state index contributed by atoms with van der Waals surface area (Å²) in [5, 5.41) is 13.3. The second-order valence-electron chi connectivity index (χ2n) is 7.28. The molecule has 160 valence electrons. The van der Waals surface area contributed by atoms with Crippen molar-refractivity contribution >= 4 is 22.7 Å². The minimum atomic E-state index is 0.292. The van der Waals surface area contributed by atoms with Crippen LogP contribution in [0.5, 0.6) is 5.88 Å². The predicted octanol–water partition coefficient (Wildman–Crippen LogP) is 6.57. The number of hydrogen-bond donors (Lipinski definition) is 1. The number of aromatic nitrogens is 2. The van der Waals surface area contributed by atoms with Gasteiger partial charge in [-0.2, -0.15) is 5.26 Å². The van der Waals surface area contributed by atoms with Gasteiger partial charge in [0, 0.05) is 11.1 Å². The lowest BCUT2D eigenvalue weighted by Crippen LogP contribution is -2.03. The van der Waals surface area contributed by atoms with Gasteiger partial charge in [-0.1, -0.05) is 72.8 Å². The summed E-state index contributed by atoms with van der Waals surface area (Å²) in [6.07, 6.45) is 0. The number of hydrogen-bond acceptors (Lipinski definition) is 6. The van der Waals surface area contributed by atoms with Crippen LogP contribution >= 0.6 is 0 Å². The monoisotopic (exact) mass is 432 g/mol. The molecule has 6 nitrogen and oxygen atoms in total. The Bertz CT molecular complexity index is 1450. The van der Waals surface area contributed by atoms with E-state index in [0.717, 1.165) is 22.2 Å². The highest BCUT2D eigenvalue weighted by Gasteiger charge is 2.24. The zero-order valence-electron chi connectivity index (χ0n) is 17.9. The SMILES string of the molecule is CCOc1nc2ccccc2nc1Nc1oc(-c2ccccc2)c(-c2ccccc2)c1C#N. The first-order valence-electron chi connectivity index (χ1n) is 10.6. The third-order valence-electron chi connectivity index (χ3n) is 5.17. The average Bonchev–Trinajstić information content (AvgIpc) is 3.23. The van der Waals surface area contributed by atoms with E-state index < -0.39 is 0 Å². The number of anilines is 2. The number of fused-ring (bicyclic) bond motifs is 1. The molecule has 5 aromatic rings. The molecule has 0 atom stereocenters. The van der Waals surface area contributed by atoms with Crippen LogP contribution < -0.4 is 10.1 Å². The van der Waals surface area contributed by atoms with Crippen LogP contribution in [-0.4, -0.2) is 16.6 Å². The molecule has 0 aliphatic carbocycles. The Morgan fingerprint density at radius 1 is 0.848 bits per heavy atom. The number of nitrogens with zero attached hydrogens (tertiary/aromatic N) is 3. The Kier molecular flexibility index (Phi) is 5.44. The highest BCUT2D eigenvalue weighted by atomic mass is 16.5. The molecular formula is C27H20N4O2. The zero-order valence-corrected chi connectivity index (χ0v) is 17.9. The number of para-hydroxylation sites is 2. The third kappa shape index (κ3) is 3.88. The number of furan rings is 1. The summed E-state index contributed by atoms with van der Waals surface area (Å²) in [6, 6.07) is 29.3. The van der Waals surface area contributed by atoms with E-state index in [0.29, 0.717) is 41.0 Å². The van der Waals surface area contributed by atoms with Crippen LogP contribution in [-0.2, 0) is 0 Å². The Hall–Kier alpha value is -4.63. The molecule has 0 fully saturated rings. The summed E-state index contributed by atoms with van der Waals surface area (Å²) in [5.41, 5.74) is 4.30. The van der Waals surface area contributed by atoms with Crippen LogP contribution in [0.3, 0.4) is 0 Å². The lowest BCUT2D eigenvalue weighted by molar-refractivity contribution is 0.328. The first-order chi connectivity index (χ1) is 16.3. The molecular weight excluding hydrogens is 412 g/mol. The highest BCUT2D eigenvalue weighted by Crippen LogP contribution is 2.42. The van der Waals surface area contributed by atoms with Gasteiger partial charge >= 0.3 is 0 Å². The van der Waals surface area contributed by atoms with Gasteiger partial charge in [-0.05, 0) is 24.6 Å². The van der Waals surface area contributed by atoms with E-state index >= 15 is 0 Å². The first-order valence-corrected chi connectivity index (χ1v) is 10.6. The van der Waals surface area contributed by atoms with Crippen molar-refractivity contribution in [2.45, 2.75) is 6.92 Å². The highest BCUT2D eigenvalue weighted by molar-refractivity contribution is 5.89. The summed E-state index contributed by atoms with van der Waals surface area (Å²) >= 11 is 0. The van der Waals surface area contributed by atoms with Crippen LogP contribution in [0.2, 0.25) is 0 Å². The van der Waals surface area contributed by atoms with Gasteiger partial charge in [0.15, 0.2) is 5.82 Å². The second kappa shape index (κ2) is 8.85. The molecule has 5 rings (SSSR count). The first kappa shape index (κ1) is 20.3. The van der Waals surface area contributed by atoms with Crippen molar-refractivity contribution in [3.05, 3.63) is 90.5 Å². The molecule has 0 bridgehead atoms. The minimum absolute atomic E-state index is 0.292. The molecule has 0 spiro atoms. The van der Waals surface area contributed by atoms with Crippen LogP contribution in [0.4, 0.5) is 11.7 Å². The normalized spacial score (nSPS) is 10.7.